The van der Waals surface area contributed by atoms with Crippen molar-refractivity contribution in [2.24, 2.45) is 5.73 Å². The predicted octanol–water partition coefficient (Wildman–Crippen LogP) is 3.71. The standard InChI is InChI=1S/C15H23BrN2/c1-2-10-18(12-7-8-12)11-9-15(17)13-5-3-4-6-14(13)16/h3-6,12,15H,2,7-11,17H2,1H3. The van der Waals surface area contributed by atoms with E-state index in [1.165, 1.54) is 31.4 Å². The summed E-state index contributed by atoms with van der Waals surface area (Å²) in [5.74, 6) is 0. The van der Waals surface area contributed by atoms with Crippen molar-refractivity contribution in [1.82, 2.24) is 4.90 Å². The Morgan fingerprint density at radius 1 is 1.33 bits per heavy atom. The third-order valence-electron chi connectivity index (χ3n) is 3.61. The maximum Gasteiger partial charge on any atom is 0.0318 e. The van der Waals surface area contributed by atoms with Gasteiger partial charge in [-0.2, -0.15) is 0 Å². The molecule has 3 heteroatoms. The zero-order chi connectivity index (χ0) is 13.0. The maximum atomic E-state index is 6.30. The van der Waals surface area contributed by atoms with E-state index in [0.717, 1.165) is 23.5 Å². The second-order valence-electron chi connectivity index (χ2n) is 5.18. The van der Waals surface area contributed by atoms with Gasteiger partial charge in [0.1, 0.15) is 0 Å². The van der Waals surface area contributed by atoms with Crippen LogP contribution < -0.4 is 5.73 Å². The molecule has 2 nitrogen and oxygen atoms in total. The van der Waals surface area contributed by atoms with Crippen molar-refractivity contribution in [2.45, 2.75) is 44.7 Å². The largest absolute Gasteiger partial charge is 0.324 e. The van der Waals surface area contributed by atoms with Crippen molar-refractivity contribution in [3.8, 4) is 0 Å². The van der Waals surface area contributed by atoms with Gasteiger partial charge in [0.25, 0.3) is 0 Å². The summed E-state index contributed by atoms with van der Waals surface area (Å²) in [5, 5.41) is 0. The van der Waals surface area contributed by atoms with Gasteiger partial charge in [0.15, 0.2) is 0 Å². The Kier molecular flexibility index (Phi) is 5.22. The zero-order valence-electron chi connectivity index (χ0n) is 11.1. The fourth-order valence-corrected chi connectivity index (χ4v) is 3.02. The molecule has 0 heterocycles. The van der Waals surface area contributed by atoms with Crippen LogP contribution in [0.15, 0.2) is 28.7 Å². The Morgan fingerprint density at radius 2 is 2.06 bits per heavy atom. The number of halogens is 1. The summed E-state index contributed by atoms with van der Waals surface area (Å²) >= 11 is 3.58. The van der Waals surface area contributed by atoms with Gasteiger partial charge >= 0.3 is 0 Å². The van der Waals surface area contributed by atoms with E-state index in [0.29, 0.717) is 0 Å². The quantitative estimate of drug-likeness (QED) is 0.831. The molecule has 0 spiro atoms. The van der Waals surface area contributed by atoms with Crippen LogP contribution in [-0.4, -0.2) is 24.0 Å². The smallest absolute Gasteiger partial charge is 0.0318 e. The zero-order valence-corrected chi connectivity index (χ0v) is 12.7. The minimum absolute atomic E-state index is 0.138. The van der Waals surface area contributed by atoms with E-state index >= 15 is 0 Å². The molecule has 0 aliphatic heterocycles. The highest BCUT2D eigenvalue weighted by atomic mass is 79.9. The molecule has 100 valence electrons. The Morgan fingerprint density at radius 3 is 2.67 bits per heavy atom. The van der Waals surface area contributed by atoms with Crippen LogP contribution in [0, 0.1) is 0 Å². The van der Waals surface area contributed by atoms with E-state index in [2.05, 4.69) is 46.0 Å². The fraction of sp³-hybridized carbons (Fsp3) is 0.600. The molecule has 2 rings (SSSR count). The van der Waals surface area contributed by atoms with E-state index in [1.807, 2.05) is 6.07 Å². The van der Waals surface area contributed by atoms with Crippen LogP contribution in [0.3, 0.4) is 0 Å². The number of benzene rings is 1. The molecule has 0 aromatic heterocycles. The molecular formula is C15H23BrN2. The van der Waals surface area contributed by atoms with Crippen molar-refractivity contribution in [1.29, 1.82) is 0 Å². The highest BCUT2D eigenvalue weighted by Crippen LogP contribution is 2.29. The number of nitrogens with two attached hydrogens (primary N) is 1. The van der Waals surface area contributed by atoms with Crippen molar-refractivity contribution in [3.05, 3.63) is 34.3 Å². The first kappa shape index (κ1) is 14.0. The Labute approximate surface area is 119 Å². The SMILES string of the molecule is CCCN(CCC(N)c1ccccc1Br)C1CC1. The second kappa shape index (κ2) is 6.69. The number of rotatable bonds is 7. The molecule has 18 heavy (non-hydrogen) atoms. The van der Waals surface area contributed by atoms with Gasteiger partial charge in [-0.3, -0.25) is 0 Å². The van der Waals surface area contributed by atoms with Crippen LogP contribution >= 0.6 is 15.9 Å². The average molecular weight is 311 g/mol. The highest BCUT2D eigenvalue weighted by Gasteiger charge is 2.28. The summed E-state index contributed by atoms with van der Waals surface area (Å²) < 4.78 is 1.13. The van der Waals surface area contributed by atoms with E-state index in [4.69, 9.17) is 5.73 Å². The highest BCUT2D eigenvalue weighted by molar-refractivity contribution is 9.10. The van der Waals surface area contributed by atoms with Crippen LogP contribution in [0.25, 0.3) is 0 Å². The molecule has 2 N–H and O–H groups in total. The van der Waals surface area contributed by atoms with Gasteiger partial charge in [-0.15, -0.1) is 0 Å². The summed E-state index contributed by atoms with van der Waals surface area (Å²) in [7, 11) is 0. The summed E-state index contributed by atoms with van der Waals surface area (Å²) in [5.41, 5.74) is 7.53. The van der Waals surface area contributed by atoms with E-state index < -0.39 is 0 Å². The molecule has 0 radical (unpaired) electrons. The summed E-state index contributed by atoms with van der Waals surface area (Å²) in [6, 6.07) is 9.27. The van der Waals surface area contributed by atoms with Gasteiger partial charge in [-0.25, -0.2) is 0 Å². The minimum Gasteiger partial charge on any atom is -0.324 e. The lowest BCUT2D eigenvalue weighted by atomic mass is 10.0. The van der Waals surface area contributed by atoms with Gasteiger partial charge < -0.3 is 10.6 Å². The number of nitrogens with zero attached hydrogens (tertiary/aromatic N) is 1. The number of hydrogen-bond acceptors (Lipinski definition) is 2. The van der Waals surface area contributed by atoms with Crippen LogP contribution in [0.2, 0.25) is 0 Å². The Balaban J connectivity index is 1.87. The third kappa shape index (κ3) is 3.81. The van der Waals surface area contributed by atoms with Crippen LogP contribution in [0.1, 0.15) is 44.2 Å². The molecular weight excluding hydrogens is 288 g/mol. The normalized spacial score (nSPS) is 17.1. The van der Waals surface area contributed by atoms with Gasteiger partial charge in [0.2, 0.25) is 0 Å². The Bertz CT molecular complexity index is 377. The number of hydrogen-bond donors (Lipinski definition) is 1. The molecule has 1 aliphatic carbocycles. The first-order chi connectivity index (χ1) is 8.72. The first-order valence-electron chi connectivity index (χ1n) is 6.96. The van der Waals surface area contributed by atoms with Gasteiger partial charge in [-0.05, 0) is 43.9 Å². The lowest BCUT2D eigenvalue weighted by Gasteiger charge is -2.23. The third-order valence-corrected chi connectivity index (χ3v) is 4.33. The van der Waals surface area contributed by atoms with E-state index in [1.54, 1.807) is 0 Å². The molecule has 1 unspecified atom stereocenters. The molecule has 0 amide bonds. The maximum absolute atomic E-state index is 6.30. The minimum atomic E-state index is 0.138. The summed E-state index contributed by atoms with van der Waals surface area (Å²) in [6.07, 6.45) is 5.04. The molecule has 1 fully saturated rings. The van der Waals surface area contributed by atoms with E-state index in [9.17, 15) is 0 Å². The molecule has 1 atom stereocenters. The lowest BCUT2D eigenvalue weighted by Crippen LogP contribution is -2.30. The fourth-order valence-electron chi connectivity index (χ4n) is 2.44. The van der Waals surface area contributed by atoms with Crippen molar-refractivity contribution in [2.75, 3.05) is 13.1 Å². The molecule has 1 aliphatic rings. The van der Waals surface area contributed by atoms with Crippen molar-refractivity contribution < 1.29 is 0 Å². The van der Waals surface area contributed by atoms with E-state index in [-0.39, 0.29) is 6.04 Å². The topological polar surface area (TPSA) is 29.3 Å². The van der Waals surface area contributed by atoms with Crippen LogP contribution in [0.5, 0.6) is 0 Å². The molecule has 1 saturated carbocycles. The van der Waals surface area contributed by atoms with Crippen LogP contribution in [0.4, 0.5) is 0 Å². The van der Waals surface area contributed by atoms with Crippen LogP contribution in [-0.2, 0) is 0 Å². The lowest BCUT2D eigenvalue weighted by molar-refractivity contribution is 0.253. The predicted molar refractivity (Wildman–Crippen MR) is 80.6 cm³/mol. The van der Waals surface area contributed by atoms with Gasteiger partial charge in [0.05, 0.1) is 0 Å². The Hall–Kier alpha value is -0.380. The first-order valence-corrected chi connectivity index (χ1v) is 7.75. The molecule has 1 aromatic rings. The average Bonchev–Trinajstić information content (AvgIpc) is 3.19. The monoisotopic (exact) mass is 310 g/mol. The van der Waals surface area contributed by atoms with Crippen molar-refractivity contribution >= 4 is 15.9 Å². The molecule has 1 aromatic carbocycles. The van der Waals surface area contributed by atoms with Gasteiger partial charge in [0, 0.05) is 23.1 Å². The summed E-state index contributed by atoms with van der Waals surface area (Å²) in [4.78, 5) is 2.61. The molecule has 0 bridgehead atoms. The second-order valence-corrected chi connectivity index (χ2v) is 6.04. The summed E-state index contributed by atoms with van der Waals surface area (Å²) in [6.45, 7) is 4.59. The van der Waals surface area contributed by atoms with Crippen molar-refractivity contribution in [3.63, 3.8) is 0 Å². The van der Waals surface area contributed by atoms with Gasteiger partial charge in [-0.1, -0.05) is 41.1 Å². The molecule has 0 saturated heterocycles.